The lowest BCUT2D eigenvalue weighted by Gasteiger charge is -2.11. The zero-order valence-electron chi connectivity index (χ0n) is 16.2. The van der Waals surface area contributed by atoms with Crippen molar-refractivity contribution in [3.63, 3.8) is 0 Å². The molecule has 152 valence electrons. The van der Waals surface area contributed by atoms with Gasteiger partial charge in [0.15, 0.2) is 0 Å². The standard InChI is InChI=1S/C23H20FN3O3/c24-12-15-2-1-3-16(26-15)14-29-18-7-9-27(23(28)11-18)17-4-5-19-20-13-25-8-6-21(20)30-22(19)10-17/h1-5,7,9-11,25H,6,8,12-14H2. The molecule has 1 N–H and O–H groups in total. The van der Waals surface area contributed by atoms with Crippen LogP contribution in [-0.2, 0) is 26.2 Å². The molecule has 1 aliphatic rings. The first-order valence-electron chi connectivity index (χ1n) is 9.83. The van der Waals surface area contributed by atoms with Gasteiger partial charge in [0.05, 0.1) is 17.1 Å². The minimum atomic E-state index is -0.622. The van der Waals surface area contributed by atoms with Crippen LogP contribution in [0.15, 0.2) is 63.9 Å². The quantitative estimate of drug-likeness (QED) is 0.549. The Labute approximate surface area is 171 Å². The molecule has 0 spiro atoms. The van der Waals surface area contributed by atoms with E-state index in [0.717, 1.165) is 41.9 Å². The molecule has 6 nitrogen and oxygen atoms in total. The van der Waals surface area contributed by atoms with Crippen LogP contribution in [0.2, 0.25) is 0 Å². The summed E-state index contributed by atoms with van der Waals surface area (Å²) in [4.78, 5) is 16.8. The summed E-state index contributed by atoms with van der Waals surface area (Å²) in [5, 5.41) is 4.44. The van der Waals surface area contributed by atoms with Crippen LogP contribution in [0.3, 0.4) is 0 Å². The van der Waals surface area contributed by atoms with E-state index in [2.05, 4.69) is 10.3 Å². The van der Waals surface area contributed by atoms with Crippen LogP contribution in [-0.4, -0.2) is 16.1 Å². The molecule has 0 aliphatic carbocycles. The summed E-state index contributed by atoms with van der Waals surface area (Å²) in [7, 11) is 0. The third-order valence-corrected chi connectivity index (χ3v) is 5.25. The van der Waals surface area contributed by atoms with Crippen molar-refractivity contribution in [3.8, 4) is 11.4 Å². The van der Waals surface area contributed by atoms with Crippen molar-refractivity contribution in [2.45, 2.75) is 26.2 Å². The van der Waals surface area contributed by atoms with Gasteiger partial charge in [0.1, 0.15) is 30.4 Å². The van der Waals surface area contributed by atoms with Crippen molar-refractivity contribution in [3.05, 3.63) is 87.8 Å². The van der Waals surface area contributed by atoms with Gasteiger partial charge in [0.25, 0.3) is 5.56 Å². The average molecular weight is 405 g/mol. The number of furan rings is 1. The van der Waals surface area contributed by atoms with Crippen LogP contribution in [0.5, 0.6) is 5.75 Å². The molecular weight excluding hydrogens is 385 g/mol. The van der Waals surface area contributed by atoms with Gasteiger partial charge in [-0.3, -0.25) is 14.3 Å². The highest BCUT2D eigenvalue weighted by Gasteiger charge is 2.17. The maximum Gasteiger partial charge on any atom is 0.258 e. The van der Waals surface area contributed by atoms with Crippen molar-refractivity contribution >= 4 is 11.0 Å². The van der Waals surface area contributed by atoms with Gasteiger partial charge in [-0.25, -0.2) is 4.39 Å². The number of rotatable bonds is 5. The number of ether oxygens (including phenoxy) is 1. The number of aromatic nitrogens is 2. The van der Waals surface area contributed by atoms with E-state index in [9.17, 15) is 9.18 Å². The summed E-state index contributed by atoms with van der Waals surface area (Å²) in [5.41, 5.74) is 3.47. The normalized spacial score (nSPS) is 13.4. The molecule has 30 heavy (non-hydrogen) atoms. The molecule has 5 rings (SSSR count). The highest BCUT2D eigenvalue weighted by Crippen LogP contribution is 2.29. The number of alkyl halides is 1. The van der Waals surface area contributed by atoms with Gasteiger partial charge in [-0.15, -0.1) is 0 Å². The zero-order valence-corrected chi connectivity index (χ0v) is 16.2. The average Bonchev–Trinajstić information content (AvgIpc) is 3.15. The molecule has 0 atom stereocenters. The SMILES string of the molecule is O=c1cc(OCc2cccc(CF)n2)ccn1-c1ccc2c3c(oc2c1)CCNC3. The molecule has 0 radical (unpaired) electrons. The monoisotopic (exact) mass is 405 g/mol. The second kappa shape index (κ2) is 7.76. The van der Waals surface area contributed by atoms with Crippen LogP contribution in [0, 0.1) is 0 Å². The molecule has 0 amide bonds. The molecule has 7 heteroatoms. The summed E-state index contributed by atoms with van der Waals surface area (Å²) in [6, 6.07) is 14.1. The van der Waals surface area contributed by atoms with Gasteiger partial charge in [0.2, 0.25) is 0 Å². The summed E-state index contributed by atoms with van der Waals surface area (Å²) < 4.78 is 26.0. The van der Waals surface area contributed by atoms with Crippen molar-refractivity contribution in [2.24, 2.45) is 0 Å². The van der Waals surface area contributed by atoms with Crippen molar-refractivity contribution in [1.82, 2.24) is 14.9 Å². The van der Waals surface area contributed by atoms with Crippen LogP contribution in [0.1, 0.15) is 22.7 Å². The van der Waals surface area contributed by atoms with E-state index in [1.807, 2.05) is 18.2 Å². The van der Waals surface area contributed by atoms with E-state index >= 15 is 0 Å². The Morgan fingerprint density at radius 3 is 2.93 bits per heavy atom. The smallest absolute Gasteiger partial charge is 0.258 e. The number of fused-ring (bicyclic) bond motifs is 3. The minimum Gasteiger partial charge on any atom is -0.487 e. The van der Waals surface area contributed by atoms with E-state index in [0.29, 0.717) is 17.1 Å². The Hall–Kier alpha value is -3.45. The number of nitrogens with one attached hydrogen (secondary N) is 1. The number of nitrogens with zero attached hydrogens (tertiary/aromatic N) is 2. The number of hydrogen-bond donors (Lipinski definition) is 1. The Bertz CT molecular complexity index is 1280. The van der Waals surface area contributed by atoms with Gasteiger partial charge in [0, 0.05) is 48.8 Å². The predicted molar refractivity (Wildman–Crippen MR) is 111 cm³/mol. The van der Waals surface area contributed by atoms with Crippen LogP contribution < -0.4 is 15.6 Å². The summed E-state index contributed by atoms with van der Waals surface area (Å²) in [6.07, 6.45) is 2.54. The largest absolute Gasteiger partial charge is 0.487 e. The Balaban J connectivity index is 1.38. The third kappa shape index (κ3) is 3.48. The predicted octanol–water partition coefficient (Wildman–Crippen LogP) is 3.67. The fourth-order valence-corrected chi connectivity index (χ4v) is 3.76. The molecule has 0 fully saturated rings. The number of benzene rings is 1. The molecule has 1 aliphatic heterocycles. The van der Waals surface area contributed by atoms with E-state index in [-0.39, 0.29) is 12.2 Å². The molecular formula is C23H20FN3O3. The maximum atomic E-state index is 12.7. The van der Waals surface area contributed by atoms with E-state index in [4.69, 9.17) is 9.15 Å². The molecule has 4 heterocycles. The van der Waals surface area contributed by atoms with Crippen LogP contribution in [0.4, 0.5) is 4.39 Å². The first-order valence-corrected chi connectivity index (χ1v) is 9.83. The fraction of sp³-hybridized carbons (Fsp3) is 0.217. The highest BCUT2D eigenvalue weighted by molar-refractivity contribution is 5.84. The lowest BCUT2D eigenvalue weighted by molar-refractivity contribution is 0.299. The lowest BCUT2D eigenvalue weighted by atomic mass is 10.1. The van der Waals surface area contributed by atoms with Gasteiger partial charge in [-0.2, -0.15) is 0 Å². The number of halogens is 1. The number of hydrogen-bond acceptors (Lipinski definition) is 5. The van der Waals surface area contributed by atoms with E-state index < -0.39 is 6.67 Å². The summed E-state index contributed by atoms with van der Waals surface area (Å²) in [5.74, 6) is 1.45. The van der Waals surface area contributed by atoms with Crippen LogP contribution in [0.25, 0.3) is 16.7 Å². The van der Waals surface area contributed by atoms with Gasteiger partial charge in [-0.1, -0.05) is 6.07 Å². The molecule has 0 saturated heterocycles. The molecule has 1 aromatic carbocycles. The first-order chi connectivity index (χ1) is 14.7. The number of pyridine rings is 2. The fourth-order valence-electron chi connectivity index (χ4n) is 3.76. The Morgan fingerprint density at radius 1 is 1.17 bits per heavy atom. The Morgan fingerprint density at radius 2 is 2.07 bits per heavy atom. The van der Waals surface area contributed by atoms with Crippen molar-refractivity contribution < 1.29 is 13.5 Å². The van der Waals surface area contributed by atoms with Crippen LogP contribution >= 0.6 is 0 Å². The highest BCUT2D eigenvalue weighted by atomic mass is 19.1. The molecule has 3 aromatic heterocycles. The van der Waals surface area contributed by atoms with Gasteiger partial charge < -0.3 is 14.5 Å². The third-order valence-electron chi connectivity index (χ3n) is 5.25. The van der Waals surface area contributed by atoms with E-state index in [1.54, 1.807) is 35.0 Å². The molecule has 0 bridgehead atoms. The maximum absolute atomic E-state index is 12.7. The first kappa shape index (κ1) is 18.6. The summed E-state index contributed by atoms with van der Waals surface area (Å²) >= 11 is 0. The Kier molecular flexibility index (Phi) is 4.80. The van der Waals surface area contributed by atoms with Gasteiger partial charge >= 0.3 is 0 Å². The summed E-state index contributed by atoms with van der Waals surface area (Å²) in [6.45, 7) is 1.25. The minimum absolute atomic E-state index is 0.162. The molecule has 0 saturated carbocycles. The van der Waals surface area contributed by atoms with Gasteiger partial charge in [-0.05, 0) is 30.3 Å². The second-order valence-corrected chi connectivity index (χ2v) is 7.22. The lowest BCUT2D eigenvalue weighted by Crippen LogP contribution is -2.22. The molecule has 4 aromatic rings. The zero-order chi connectivity index (χ0) is 20.5. The van der Waals surface area contributed by atoms with E-state index in [1.165, 1.54) is 11.6 Å². The second-order valence-electron chi connectivity index (χ2n) is 7.22. The van der Waals surface area contributed by atoms with Crippen molar-refractivity contribution in [1.29, 1.82) is 0 Å². The molecule has 0 unspecified atom stereocenters. The topological polar surface area (TPSA) is 69.3 Å². The van der Waals surface area contributed by atoms with Crippen molar-refractivity contribution in [2.75, 3.05) is 6.54 Å².